The highest BCUT2D eigenvalue weighted by molar-refractivity contribution is 8.32. The Bertz CT molecular complexity index is 238. The van der Waals surface area contributed by atoms with Crippen LogP contribution in [0, 0.1) is 5.92 Å². The van der Waals surface area contributed by atoms with Crippen molar-refractivity contribution in [3.8, 4) is 0 Å². The number of hydrogen-bond acceptors (Lipinski definition) is 3. The van der Waals surface area contributed by atoms with E-state index in [1.54, 1.807) is 0 Å². The minimum absolute atomic E-state index is 0.0169. The van der Waals surface area contributed by atoms with E-state index in [4.69, 9.17) is 10.5 Å². The maximum absolute atomic E-state index is 11.8. The van der Waals surface area contributed by atoms with Crippen LogP contribution in [0.25, 0.3) is 0 Å². The maximum atomic E-state index is 11.8. The molecule has 2 N–H and O–H groups in total. The Morgan fingerprint density at radius 1 is 1.31 bits per heavy atom. The summed E-state index contributed by atoms with van der Waals surface area (Å²) in [6.07, 6.45) is 10.8. The molecule has 0 bridgehead atoms. The second-order valence-electron chi connectivity index (χ2n) is 5.52. The minimum atomic E-state index is -0.573. The van der Waals surface area contributed by atoms with Crippen molar-refractivity contribution in [1.29, 1.82) is 0 Å². The molecule has 0 unspecified atom stereocenters. The van der Waals surface area contributed by atoms with Crippen molar-refractivity contribution >= 4 is 16.0 Å². The third kappa shape index (κ3) is 4.74. The highest BCUT2D eigenvalue weighted by Crippen LogP contribution is 2.33. The topological polar surface area (TPSA) is 52.3 Å². The largest absolute Gasteiger partial charge is 0.465 e. The van der Waals surface area contributed by atoms with Gasteiger partial charge in [-0.2, -0.15) is 0 Å². The summed E-state index contributed by atoms with van der Waals surface area (Å²) in [5.41, 5.74) is 5.94. The van der Waals surface area contributed by atoms with Crippen molar-refractivity contribution in [3.05, 3.63) is 0 Å². The molecule has 0 heterocycles. The van der Waals surface area contributed by atoms with Gasteiger partial charge in [-0.25, -0.2) is 10.0 Å². The number of ether oxygens (including phenoxy) is 1. The standard InChI is InChI=1S/C12H25NO2S/c1-16(2,3)9-8-15-12(14)10-6-4-5-7-11(10)13/h10-11H,4-9,13H2,1-3H3/t10-,11-/m0/s1. The monoisotopic (exact) mass is 247 g/mol. The summed E-state index contributed by atoms with van der Waals surface area (Å²) >= 11 is 0. The van der Waals surface area contributed by atoms with Crippen LogP contribution >= 0.6 is 10.0 Å². The molecular weight excluding hydrogens is 222 g/mol. The average Bonchev–Trinajstić information content (AvgIpc) is 2.16. The zero-order valence-electron chi connectivity index (χ0n) is 10.7. The van der Waals surface area contributed by atoms with E-state index in [-0.39, 0.29) is 17.9 Å². The molecule has 96 valence electrons. The molecule has 0 spiro atoms. The lowest BCUT2D eigenvalue weighted by Crippen LogP contribution is -2.39. The Morgan fingerprint density at radius 2 is 1.94 bits per heavy atom. The molecule has 4 heteroatoms. The first-order valence-corrected chi connectivity index (χ1v) is 9.01. The van der Waals surface area contributed by atoms with E-state index < -0.39 is 10.0 Å². The van der Waals surface area contributed by atoms with Crippen LogP contribution < -0.4 is 5.73 Å². The first-order chi connectivity index (χ1) is 7.40. The number of esters is 1. The SMILES string of the molecule is CS(C)(C)CCOC(=O)[C@H]1CCCC[C@@H]1N. The molecule has 0 amide bonds. The van der Waals surface area contributed by atoms with Crippen LogP contribution in [-0.4, -0.2) is 43.1 Å². The highest BCUT2D eigenvalue weighted by atomic mass is 32.3. The Hall–Kier alpha value is -0.220. The Morgan fingerprint density at radius 3 is 2.50 bits per heavy atom. The van der Waals surface area contributed by atoms with E-state index in [2.05, 4.69) is 18.8 Å². The smallest absolute Gasteiger partial charge is 0.310 e. The molecule has 0 radical (unpaired) electrons. The molecule has 16 heavy (non-hydrogen) atoms. The van der Waals surface area contributed by atoms with Crippen LogP contribution in [0.2, 0.25) is 0 Å². The molecular formula is C12H25NO2S. The molecule has 2 atom stereocenters. The average molecular weight is 247 g/mol. The van der Waals surface area contributed by atoms with E-state index in [0.717, 1.165) is 31.4 Å². The van der Waals surface area contributed by atoms with Gasteiger partial charge >= 0.3 is 5.97 Å². The quantitative estimate of drug-likeness (QED) is 0.770. The van der Waals surface area contributed by atoms with Crippen LogP contribution in [0.4, 0.5) is 0 Å². The summed E-state index contributed by atoms with van der Waals surface area (Å²) in [6, 6.07) is 0.0169. The predicted molar refractivity (Wildman–Crippen MR) is 71.1 cm³/mol. The summed E-state index contributed by atoms with van der Waals surface area (Å²) in [4.78, 5) is 11.8. The van der Waals surface area contributed by atoms with E-state index >= 15 is 0 Å². The lowest BCUT2D eigenvalue weighted by Gasteiger charge is -2.28. The summed E-state index contributed by atoms with van der Waals surface area (Å²) in [7, 11) is -0.573. The molecule has 0 aromatic rings. The number of rotatable bonds is 4. The van der Waals surface area contributed by atoms with Crippen molar-refractivity contribution in [2.75, 3.05) is 31.1 Å². The lowest BCUT2D eigenvalue weighted by atomic mass is 9.85. The molecule has 1 saturated carbocycles. The summed E-state index contributed by atoms with van der Waals surface area (Å²) in [6.45, 7) is 0.556. The zero-order chi connectivity index (χ0) is 12.2. The molecule has 1 aliphatic carbocycles. The van der Waals surface area contributed by atoms with Gasteiger partial charge < -0.3 is 10.5 Å². The van der Waals surface area contributed by atoms with Gasteiger partial charge in [0.05, 0.1) is 12.5 Å². The van der Waals surface area contributed by atoms with Gasteiger partial charge in [0, 0.05) is 11.8 Å². The fourth-order valence-electron chi connectivity index (χ4n) is 1.95. The molecule has 0 aromatic carbocycles. The Balaban J connectivity index is 2.29. The molecule has 1 rings (SSSR count). The fraction of sp³-hybridized carbons (Fsp3) is 0.917. The van der Waals surface area contributed by atoms with Crippen LogP contribution in [-0.2, 0) is 9.53 Å². The normalized spacial score (nSPS) is 27.5. The number of carbonyl (C=O) groups is 1. The number of carbonyl (C=O) groups excluding carboxylic acids is 1. The minimum Gasteiger partial charge on any atom is -0.465 e. The van der Waals surface area contributed by atoms with Gasteiger partial charge in [-0.15, -0.1) is 0 Å². The van der Waals surface area contributed by atoms with Crippen molar-refractivity contribution in [2.45, 2.75) is 31.7 Å². The van der Waals surface area contributed by atoms with Gasteiger partial charge in [-0.3, -0.25) is 4.79 Å². The molecule has 0 aromatic heterocycles. The Kier molecular flexibility index (Phi) is 5.12. The van der Waals surface area contributed by atoms with E-state index in [0.29, 0.717) is 6.61 Å². The molecule has 1 fully saturated rings. The van der Waals surface area contributed by atoms with Crippen molar-refractivity contribution in [3.63, 3.8) is 0 Å². The third-order valence-corrected chi connectivity index (χ3v) is 4.45. The van der Waals surface area contributed by atoms with Crippen LogP contribution in [0.3, 0.4) is 0 Å². The highest BCUT2D eigenvalue weighted by Gasteiger charge is 2.29. The Labute approximate surface area is 100 Å². The third-order valence-electron chi connectivity index (χ3n) is 3.06. The second kappa shape index (κ2) is 5.92. The molecule has 0 aliphatic heterocycles. The summed E-state index contributed by atoms with van der Waals surface area (Å²) < 4.78 is 5.33. The lowest BCUT2D eigenvalue weighted by molar-refractivity contribution is -0.149. The predicted octanol–water partition coefficient (Wildman–Crippen LogP) is 1.74. The van der Waals surface area contributed by atoms with Gasteiger partial charge in [0.25, 0.3) is 0 Å². The fourth-order valence-corrected chi connectivity index (χ4v) is 2.53. The molecule has 3 nitrogen and oxygen atoms in total. The number of nitrogens with two attached hydrogens (primary N) is 1. The van der Waals surface area contributed by atoms with Gasteiger partial charge in [-0.1, -0.05) is 12.8 Å². The van der Waals surface area contributed by atoms with Gasteiger partial charge in [0.2, 0.25) is 0 Å². The second-order valence-corrected chi connectivity index (χ2v) is 10.1. The van der Waals surface area contributed by atoms with Gasteiger partial charge in [0.1, 0.15) is 0 Å². The number of hydrogen-bond donors (Lipinski definition) is 1. The van der Waals surface area contributed by atoms with E-state index in [1.165, 1.54) is 0 Å². The first-order valence-electron chi connectivity index (χ1n) is 5.98. The van der Waals surface area contributed by atoms with Crippen molar-refractivity contribution < 1.29 is 9.53 Å². The maximum Gasteiger partial charge on any atom is 0.310 e. The van der Waals surface area contributed by atoms with Crippen molar-refractivity contribution in [1.82, 2.24) is 0 Å². The molecule has 0 saturated heterocycles. The van der Waals surface area contributed by atoms with Crippen LogP contribution in [0.15, 0.2) is 0 Å². The van der Waals surface area contributed by atoms with Gasteiger partial charge in [0.15, 0.2) is 0 Å². The zero-order valence-corrected chi connectivity index (χ0v) is 11.5. The van der Waals surface area contributed by atoms with E-state index in [9.17, 15) is 4.79 Å². The molecule has 1 aliphatic rings. The van der Waals surface area contributed by atoms with E-state index in [1.807, 2.05) is 0 Å². The first kappa shape index (κ1) is 13.8. The summed E-state index contributed by atoms with van der Waals surface area (Å²) in [5, 5.41) is 0. The van der Waals surface area contributed by atoms with Crippen LogP contribution in [0.1, 0.15) is 25.7 Å². The van der Waals surface area contributed by atoms with Gasteiger partial charge in [-0.05, 0) is 31.6 Å². The van der Waals surface area contributed by atoms with Crippen molar-refractivity contribution in [2.24, 2.45) is 11.7 Å². The van der Waals surface area contributed by atoms with Crippen LogP contribution in [0.5, 0.6) is 0 Å². The summed E-state index contributed by atoms with van der Waals surface area (Å²) in [5.74, 6) is 0.861.